The minimum absolute atomic E-state index is 0.0149. The van der Waals surface area contributed by atoms with Crippen molar-refractivity contribution < 1.29 is 18.0 Å². The van der Waals surface area contributed by atoms with Crippen molar-refractivity contribution in [3.8, 4) is 0 Å². The lowest BCUT2D eigenvalue weighted by Gasteiger charge is -2.21. The van der Waals surface area contributed by atoms with E-state index in [0.29, 0.717) is 12.2 Å². The second kappa shape index (κ2) is 8.96. The highest BCUT2D eigenvalue weighted by Gasteiger charge is 2.24. The van der Waals surface area contributed by atoms with Crippen LogP contribution in [0.3, 0.4) is 0 Å². The third kappa shape index (κ3) is 6.13. The zero-order chi connectivity index (χ0) is 20.2. The van der Waals surface area contributed by atoms with Crippen LogP contribution < -0.4 is 10.0 Å². The molecule has 1 atom stereocenters. The van der Waals surface area contributed by atoms with Crippen LogP contribution >= 0.6 is 27.3 Å². The first kappa shape index (κ1) is 21.5. The number of benzene rings is 1. The Balaban J connectivity index is 2.02. The Labute approximate surface area is 170 Å². The number of halogens is 1. The molecule has 2 amide bonds. The molecule has 0 bridgehead atoms. The van der Waals surface area contributed by atoms with Crippen LogP contribution in [-0.4, -0.2) is 38.2 Å². The van der Waals surface area contributed by atoms with E-state index in [9.17, 15) is 18.0 Å². The zero-order valence-corrected chi connectivity index (χ0v) is 18.2. The highest BCUT2D eigenvalue weighted by molar-refractivity contribution is 9.11. The fourth-order valence-electron chi connectivity index (χ4n) is 2.35. The van der Waals surface area contributed by atoms with Crippen LogP contribution in [-0.2, 0) is 26.2 Å². The summed E-state index contributed by atoms with van der Waals surface area (Å²) < 4.78 is 28.3. The predicted octanol–water partition coefficient (Wildman–Crippen LogP) is 2.79. The molecular formula is C17H20BrN3O4S2. The van der Waals surface area contributed by atoms with E-state index in [2.05, 4.69) is 26.0 Å². The van der Waals surface area contributed by atoms with Crippen molar-refractivity contribution in [3.05, 3.63) is 45.1 Å². The van der Waals surface area contributed by atoms with Gasteiger partial charge in [-0.2, -0.15) is 4.72 Å². The van der Waals surface area contributed by atoms with E-state index in [1.165, 1.54) is 54.3 Å². The number of rotatable bonds is 7. The standard InChI is InChI=1S/C17H20BrN3O4S2/c1-11(17(23)21(3)10-14-6-9-16(18)26-14)20-27(24,25)15-7-4-13(5-8-15)19-12(2)22/h4-9,11,20H,10H2,1-3H3,(H,19,22)/t11-/m0/s1. The largest absolute Gasteiger partial charge is 0.339 e. The summed E-state index contributed by atoms with van der Waals surface area (Å²) in [6.45, 7) is 3.27. The lowest BCUT2D eigenvalue weighted by atomic mass is 10.3. The van der Waals surface area contributed by atoms with Gasteiger partial charge in [-0.1, -0.05) is 0 Å². The van der Waals surface area contributed by atoms with Crippen molar-refractivity contribution >= 4 is 54.8 Å². The van der Waals surface area contributed by atoms with Gasteiger partial charge in [0.1, 0.15) is 0 Å². The number of amides is 2. The average Bonchev–Trinajstić information content (AvgIpc) is 2.98. The molecule has 0 aliphatic heterocycles. The summed E-state index contributed by atoms with van der Waals surface area (Å²) in [4.78, 5) is 26.0. The van der Waals surface area contributed by atoms with Gasteiger partial charge in [0.2, 0.25) is 21.8 Å². The van der Waals surface area contributed by atoms with Crippen LogP contribution in [0.2, 0.25) is 0 Å². The molecule has 0 spiro atoms. The normalized spacial score (nSPS) is 12.4. The third-order valence-electron chi connectivity index (χ3n) is 3.59. The molecule has 0 aliphatic carbocycles. The van der Waals surface area contributed by atoms with Crippen molar-refractivity contribution in [1.82, 2.24) is 9.62 Å². The zero-order valence-electron chi connectivity index (χ0n) is 15.0. The van der Waals surface area contributed by atoms with Crippen LogP contribution in [0.1, 0.15) is 18.7 Å². The third-order valence-corrected chi connectivity index (χ3v) is 6.75. The van der Waals surface area contributed by atoms with E-state index in [1.807, 2.05) is 12.1 Å². The summed E-state index contributed by atoms with van der Waals surface area (Å²) in [5.74, 6) is -0.582. The summed E-state index contributed by atoms with van der Waals surface area (Å²) in [5, 5.41) is 2.56. The van der Waals surface area contributed by atoms with E-state index in [4.69, 9.17) is 0 Å². The molecule has 2 aromatic rings. The smallest absolute Gasteiger partial charge is 0.241 e. The fraction of sp³-hybridized carbons (Fsp3) is 0.294. The monoisotopic (exact) mass is 473 g/mol. The van der Waals surface area contributed by atoms with Crippen molar-refractivity contribution in [3.63, 3.8) is 0 Å². The molecular weight excluding hydrogens is 454 g/mol. The van der Waals surface area contributed by atoms with Crippen LogP contribution in [0.15, 0.2) is 45.1 Å². The van der Waals surface area contributed by atoms with Crippen molar-refractivity contribution in [2.24, 2.45) is 0 Å². The van der Waals surface area contributed by atoms with E-state index < -0.39 is 16.1 Å². The molecule has 0 unspecified atom stereocenters. The lowest BCUT2D eigenvalue weighted by Crippen LogP contribution is -2.45. The quantitative estimate of drug-likeness (QED) is 0.645. The van der Waals surface area contributed by atoms with Crippen LogP contribution in [0.25, 0.3) is 0 Å². The van der Waals surface area contributed by atoms with Gasteiger partial charge < -0.3 is 10.2 Å². The fourth-order valence-corrected chi connectivity index (χ4v) is 5.08. The first-order valence-corrected chi connectivity index (χ1v) is 11.1. The molecule has 146 valence electrons. The Hall–Kier alpha value is -1.75. The summed E-state index contributed by atoms with van der Waals surface area (Å²) in [6.07, 6.45) is 0. The number of thiophene rings is 1. The van der Waals surface area contributed by atoms with E-state index in [0.717, 1.165) is 8.66 Å². The van der Waals surface area contributed by atoms with E-state index >= 15 is 0 Å². The van der Waals surface area contributed by atoms with E-state index in [-0.39, 0.29) is 16.7 Å². The Morgan fingerprint density at radius 1 is 1.19 bits per heavy atom. The summed E-state index contributed by atoms with van der Waals surface area (Å²) in [5.41, 5.74) is 0.493. The van der Waals surface area contributed by atoms with Gasteiger partial charge >= 0.3 is 0 Å². The summed E-state index contributed by atoms with van der Waals surface area (Å²) in [7, 11) is -2.24. The first-order valence-electron chi connectivity index (χ1n) is 7.97. The molecule has 2 rings (SSSR count). The maximum Gasteiger partial charge on any atom is 0.241 e. The number of hydrogen-bond donors (Lipinski definition) is 2. The van der Waals surface area contributed by atoms with Crippen molar-refractivity contribution in [2.75, 3.05) is 12.4 Å². The van der Waals surface area contributed by atoms with Gasteiger partial charge in [-0.05, 0) is 59.3 Å². The maximum atomic E-state index is 12.5. The van der Waals surface area contributed by atoms with Gasteiger partial charge in [0.05, 0.1) is 21.3 Å². The second-order valence-electron chi connectivity index (χ2n) is 5.95. The molecule has 0 fully saturated rings. The number of hydrogen-bond acceptors (Lipinski definition) is 5. The highest BCUT2D eigenvalue weighted by Crippen LogP contribution is 2.23. The maximum absolute atomic E-state index is 12.5. The SMILES string of the molecule is CC(=O)Nc1ccc(S(=O)(=O)N[C@@H](C)C(=O)N(C)Cc2ccc(Br)s2)cc1. The van der Waals surface area contributed by atoms with Crippen LogP contribution in [0.4, 0.5) is 5.69 Å². The Morgan fingerprint density at radius 3 is 2.33 bits per heavy atom. The molecule has 0 aliphatic rings. The van der Waals surface area contributed by atoms with Gasteiger partial charge in [0.15, 0.2) is 0 Å². The topological polar surface area (TPSA) is 95.6 Å². The molecule has 0 saturated carbocycles. The highest BCUT2D eigenvalue weighted by atomic mass is 79.9. The van der Waals surface area contributed by atoms with Gasteiger partial charge in [0.25, 0.3) is 0 Å². The number of nitrogens with zero attached hydrogens (tertiary/aromatic N) is 1. The van der Waals surface area contributed by atoms with Gasteiger partial charge in [-0.3, -0.25) is 9.59 Å². The van der Waals surface area contributed by atoms with Gasteiger partial charge in [-0.25, -0.2) is 8.42 Å². The predicted molar refractivity (Wildman–Crippen MR) is 109 cm³/mol. The number of carbonyl (C=O) groups excluding carboxylic acids is 2. The molecule has 27 heavy (non-hydrogen) atoms. The molecule has 0 saturated heterocycles. The molecule has 7 nitrogen and oxygen atoms in total. The molecule has 2 N–H and O–H groups in total. The Bertz CT molecular complexity index is 926. The summed E-state index contributed by atoms with van der Waals surface area (Å²) >= 11 is 4.89. The number of anilines is 1. The lowest BCUT2D eigenvalue weighted by molar-refractivity contribution is -0.131. The minimum Gasteiger partial charge on any atom is -0.339 e. The Morgan fingerprint density at radius 2 is 1.81 bits per heavy atom. The molecule has 0 radical (unpaired) electrons. The minimum atomic E-state index is -3.87. The molecule has 1 aromatic carbocycles. The molecule has 1 aromatic heterocycles. The number of carbonyl (C=O) groups is 2. The van der Waals surface area contributed by atoms with Crippen molar-refractivity contribution in [2.45, 2.75) is 31.3 Å². The second-order valence-corrected chi connectivity index (χ2v) is 10.2. The molecule has 10 heteroatoms. The first-order chi connectivity index (χ1) is 12.6. The van der Waals surface area contributed by atoms with Gasteiger partial charge in [-0.15, -0.1) is 11.3 Å². The van der Waals surface area contributed by atoms with E-state index in [1.54, 1.807) is 7.05 Å². The molecule has 1 heterocycles. The number of likely N-dealkylation sites (N-methyl/N-ethyl adjacent to an activating group) is 1. The average molecular weight is 474 g/mol. The van der Waals surface area contributed by atoms with Crippen LogP contribution in [0.5, 0.6) is 0 Å². The number of sulfonamides is 1. The van der Waals surface area contributed by atoms with Gasteiger partial charge in [0, 0.05) is 24.5 Å². The number of nitrogens with one attached hydrogen (secondary N) is 2. The van der Waals surface area contributed by atoms with Crippen molar-refractivity contribution in [1.29, 1.82) is 0 Å². The summed E-state index contributed by atoms with van der Waals surface area (Å²) in [6, 6.07) is 8.61. The Kier molecular flexibility index (Phi) is 7.15. The van der Waals surface area contributed by atoms with Crippen LogP contribution in [0, 0.1) is 0 Å².